The molecule has 2 aromatic rings. The maximum absolute atomic E-state index is 13.3. The highest BCUT2D eigenvalue weighted by Crippen LogP contribution is 2.16. The monoisotopic (exact) mass is 291 g/mol. The van der Waals surface area contributed by atoms with Gasteiger partial charge in [0.15, 0.2) is 0 Å². The summed E-state index contributed by atoms with van der Waals surface area (Å²) < 4.78 is 26.1. The number of carboxylic acid groups (broad SMARTS) is 1. The molecule has 2 rings (SSSR count). The average molecular weight is 291 g/mol. The average Bonchev–Trinajstić information content (AvgIpc) is 2.42. The third kappa shape index (κ3) is 3.75. The van der Waals surface area contributed by atoms with Crippen LogP contribution in [0.15, 0.2) is 42.5 Å². The maximum atomic E-state index is 13.3. The first kappa shape index (κ1) is 14.4. The Morgan fingerprint density at radius 3 is 2.19 bits per heavy atom. The number of halogens is 2. The summed E-state index contributed by atoms with van der Waals surface area (Å²) >= 11 is 0. The van der Waals surface area contributed by atoms with Crippen LogP contribution in [-0.4, -0.2) is 12.0 Å². The zero-order chi connectivity index (χ0) is 15.4. The number of aromatic carboxylic acids is 1. The molecule has 0 atom stereocenters. The predicted octanol–water partition coefficient (Wildman–Crippen LogP) is 1.97. The summed E-state index contributed by atoms with van der Waals surface area (Å²) in [7, 11) is 0. The van der Waals surface area contributed by atoms with Gasteiger partial charge in [0.05, 0.1) is 11.7 Å². The van der Waals surface area contributed by atoms with Gasteiger partial charge >= 0.3 is 6.03 Å². The Balaban J connectivity index is 2.02. The van der Waals surface area contributed by atoms with E-state index in [0.29, 0.717) is 11.8 Å². The number of anilines is 2. The van der Waals surface area contributed by atoms with Crippen molar-refractivity contribution >= 4 is 23.4 Å². The van der Waals surface area contributed by atoms with Gasteiger partial charge in [0.25, 0.3) is 0 Å². The molecule has 0 heterocycles. The fraction of sp³-hybridized carbons (Fsp3) is 0. The summed E-state index contributed by atoms with van der Waals surface area (Å²) in [4.78, 5) is 22.2. The normalized spacial score (nSPS) is 10.0. The van der Waals surface area contributed by atoms with E-state index in [-0.39, 0.29) is 11.3 Å². The largest absolute Gasteiger partial charge is 0.545 e. The smallest absolute Gasteiger partial charge is 0.323 e. The Morgan fingerprint density at radius 1 is 0.952 bits per heavy atom. The molecule has 7 heteroatoms. The molecule has 0 bridgehead atoms. The van der Waals surface area contributed by atoms with E-state index in [9.17, 15) is 23.5 Å². The molecule has 0 unspecified atom stereocenters. The van der Waals surface area contributed by atoms with E-state index in [4.69, 9.17) is 0 Å². The van der Waals surface area contributed by atoms with Gasteiger partial charge in [-0.05, 0) is 29.8 Å². The number of carbonyl (C=O) groups excluding carboxylic acids is 2. The van der Waals surface area contributed by atoms with E-state index < -0.39 is 23.6 Å². The molecule has 2 aromatic carbocycles. The van der Waals surface area contributed by atoms with Crippen LogP contribution in [0.3, 0.4) is 0 Å². The molecule has 0 fully saturated rings. The molecule has 0 spiro atoms. The van der Waals surface area contributed by atoms with E-state index in [0.717, 1.165) is 12.1 Å². The first-order valence-electron chi connectivity index (χ1n) is 5.80. The van der Waals surface area contributed by atoms with Gasteiger partial charge < -0.3 is 20.5 Å². The van der Waals surface area contributed by atoms with Crippen molar-refractivity contribution < 1.29 is 23.5 Å². The fourth-order valence-corrected chi connectivity index (χ4v) is 1.57. The highest BCUT2D eigenvalue weighted by Gasteiger charge is 2.08. The molecule has 0 aliphatic heterocycles. The number of benzene rings is 2. The van der Waals surface area contributed by atoms with Crippen molar-refractivity contribution in [2.24, 2.45) is 0 Å². The first-order valence-corrected chi connectivity index (χ1v) is 5.80. The second kappa shape index (κ2) is 6.00. The van der Waals surface area contributed by atoms with E-state index in [1.807, 2.05) is 0 Å². The van der Waals surface area contributed by atoms with Crippen LogP contribution >= 0.6 is 0 Å². The Kier molecular flexibility index (Phi) is 4.13. The van der Waals surface area contributed by atoms with Crippen molar-refractivity contribution in [3.05, 3.63) is 59.7 Å². The summed E-state index contributed by atoms with van der Waals surface area (Å²) in [5, 5.41) is 15.1. The van der Waals surface area contributed by atoms with Crippen LogP contribution in [0.5, 0.6) is 0 Å². The minimum atomic E-state index is -1.33. The Morgan fingerprint density at radius 2 is 1.62 bits per heavy atom. The van der Waals surface area contributed by atoms with Crippen LogP contribution < -0.4 is 15.7 Å². The molecular weight excluding hydrogens is 282 g/mol. The lowest BCUT2D eigenvalue weighted by molar-refractivity contribution is -0.255. The van der Waals surface area contributed by atoms with Crippen molar-refractivity contribution in [2.45, 2.75) is 0 Å². The molecule has 5 nitrogen and oxygen atoms in total. The number of hydrogen-bond acceptors (Lipinski definition) is 3. The zero-order valence-corrected chi connectivity index (χ0v) is 10.5. The first-order chi connectivity index (χ1) is 9.95. The summed E-state index contributed by atoms with van der Waals surface area (Å²) in [5.74, 6) is -2.99. The molecule has 0 aliphatic carbocycles. The van der Waals surface area contributed by atoms with Crippen LogP contribution in [0.1, 0.15) is 10.4 Å². The van der Waals surface area contributed by atoms with Gasteiger partial charge in [0, 0.05) is 11.8 Å². The van der Waals surface area contributed by atoms with Gasteiger partial charge in [-0.25, -0.2) is 13.6 Å². The fourth-order valence-electron chi connectivity index (χ4n) is 1.57. The Hall–Kier alpha value is -2.96. The lowest BCUT2D eigenvalue weighted by atomic mass is 10.2. The summed E-state index contributed by atoms with van der Waals surface area (Å²) in [6.45, 7) is 0. The Bertz CT molecular complexity index is 687. The van der Waals surface area contributed by atoms with Crippen molar-refractivity contribution in [3.63, 3.8) is 0 Å². The lowest BCUT2D eigenvalue weighted by Crippen LogP contribution is -2.22. The predicted molar refractivity (Wildman–Crippen MR) is 69.8 cm³/mol. The van der Waals surface area contributed by atoms with Gasteiger partial charge in [-0.15, -0.1) is 0 Å². The lowest BCUT2D eigenvalue weighted by Gasteiger charge is -2.09. The second-order valence-electron chi connectivity index (χ2n) is 4.07. The van der Waals surface area contributed by atoms with Gasteiger partial charge in [-0.1, -0.05) is 12.1 Å². The van der Waals surface area contributed by atoms with Crippen LogP contribution in [-0.2, 0) is 0 Å². The number of carboxylic acids is 1. The number of rotatable bonds is 3. The summed E-state index contributed by atoms with van der Waals surface area (Å²) in [6, 6.07) is 7.20. The molecule has 108 valence electrons. The molecule has 21 heavy (non-hydrogen) atoms. The molecule has 0 saturated heterocycles. The van der Waals surface area contributed by atoms with Crippen molar-refractivity contribution in [1.29, 1.82) is 0 Å². The minimum absolute atomic E-state index is 0.0365. The van der Waals surface area contributed by atoms with E-state index >= 15 is 0 Å². The van der Waals surface area contributed by atoms with Gasteiger partial charge in [0.2, 0.25) is 0 Å². The van der Waals surface area contributed by atoms with Gasteiger partial charge in [0.1, 0.15) is 11.6 Å². The second-order valence-corrected chi connectivity index (χ2v) is 4.07. The highest BCUT2D eigenvalue weighted by atomic mass is 19.1. The minimum Gasteiger partial charge on any atom is -0.545 e. The molecule has 0 aromatic heterocycles. The molecule has 0 aliphatic rings. The van der Waals surface area contributed by atoms with E-state index in [2.05, 4.69) is 10.6 Å². The third-order valence-electron chi connectivity index (χ3n) is 2.56. The number of carbonyl (C=O) groups is 2. The van der Waals surface area contributed by atoms with Crippen LogP contribution in [0.4, 0.5) is 25.0 Å². The number of urea groups is 1. The van der Waals surface area contributed by atoms with Crippen molar-refractivity contribution in [2.75, 3.05) is 10.6 Å². The van der Waals surface area contributed by atoms with Crippen LogP contribution in [0, 0.1) is 11.6 Å². The van der Waals surface area contributed by atoms with E-state index in [1.54, 1.807) is 0 Å². The van der Waals surface area contributed by atoms with Gasteiger partial charge in [-0.2, -0.15) is 0 Å². The topological polar surface area (TPSA) is 81.3 Å². The van der Waals surface area contributed by atoms with Crippen LogP contribution in [0.25, 0.3) is 0 Å². The standard InChI is InChI=1S/C14H10F2N2O3/c15-9-3-6-12(11(16)7-9)18-14(21)17-10-4-1-8(2-5-10)13(19)20/h1-7H,(H,19,20)(H2,17,18,21)/p-1. The molecule has 0 saturated carbocycles. The molecular formula is C14H9F2N2O3-. The number of hydrogen-bond donors (Lipinski definition) is 2. The maximum Gasteiger partial charge on any atom is 0.323 e. The molecule has 2 N–H and O–H groups in total. The zero-order valence-electron chi connectivity index (χ0n) is 10.5. The number of nitrogens with one attached hydrogen (secondary N) is 2. The SMILES string of the molecule is O=C(Nc1ccc(C(=O)[O-])cc1)Nc1ccc(F)cc1F. The van der Waals surface area contributed by atoms with Crippen molar-refractivity contribution in [3.8, 4) is 0 Å². The van der Waals surface area contributed by atoms with Crippen molar-refractivity contribution in [1.82, 2.24) is 0 Å². The van der Waals surface area contributed by atoms with Crippen LogP contribution in [0.2, 0.25) is 0 Å². The quantitative estimate of drug-likeness (QED) is 0.907. The summed E-state index contributed by atoms with van der Waals surface area (Å²) in [5.41, 5.74) is 0.0887. The van der Waals surface area contributed by atoms with Gasteiger partial charge in [-0.3, -0.25) is 0 Å². The Labute approximate surface area is 118 Å². The summed E-state index contributed by atoms with van der Waals surface area (Å²) in [6.07, 6.45) is 0. The number of amides is 2. The highest BCUT2D eigenvalue weighted by molar-refractivity contribution is 6.00. The third-order valence-corrected chi connectivity index (χ3v) is 2.56. The molecule has 2 amide bonds. The molecule has 0 radical (unpaired) electrons. The van der Waals surface area contributed by atoms with E-state index in [1.165, 1.54) is 24.3 Å².